The zero-order chi connectivity index (χ0) is 25.8. The average molecular weight is 509 g/mol. The lowest BCUT2D eigenvalue weighted by Crippen LogP contribution is -2.12. The third-order valence-corrected chi connectivity index (χ3v) is 7.38. The molecule has 186 valence electrons. The Morgan fingerprint density at radius 2 is 1.46 bits per heavy atom. The lowest BCUT2D eigenvalue weighted by Gasteiger charge is -2.16. The smallest absolute Gasteiger partial charge is 0.261 e. The minimum Gasteiger partial charge on any atom is -0.354 e. The third-order valence-electron chi connectivity index (χ3n) is 5.98. The van der Waals surface area contributed by atoms with Gasteiger partial charge in [0.05, 0.1) is 16.3 Å². The molecule has 0 atom stereocenters. The van der Waals surface area contributed by atoms with E-state index in [1.165, 1.54) is 5.56 Å². The van der Waals surface area contributed by atoms with Gasteiger partial charge in [-0.15, -0.1) is 0 Å². The second-order valence-electron chi connectivity index (χ2n) is 9.12. The number of anilines is 2. The molecule has 0 saturated carbocycles. The van der Waals surface area contributed by atoms with Gasteiger partial charge in [-0.25, -0.2) is 8.42 Å². The van der Waals surface area contributed by atoms with E-state index < -0.39 is 10.0 Å². The summed E-state index contributed by atoms with van der Waals surface area (Å²) in [6.07, 6.45) is 1.83. The molecule has 0 fully saturated rings. The molecule has 5 rings (SSSR count). The number of hydrogen-bond acceptors (Lipinski definition) is 5. The molecule has 4 aromatic carbocycles. The minimum absolute atomic E-state index is 0.215. The molecule has 2 N–H and O–H groups in total. The molecule has 1 aliphatic rings. The molecule has 37 heavy (non-hydrogen) atoms. The van der Waals surface area contributed by atoms with Crippen molar-refractivity contribution >= 4 is 44.6 Å². The van der Waals surface area contributed by atoms with Gasteiger partial charge in [-0.2, -0.15) is 0 Å². The largest absolute Gasteiger partial charge is 0.354 e. The van der Waals surface area contributed by atoms with Gasteiger partial charge in [-0.05, 0) is 67.7 Å². The molecule has 0 spiro atoms. The van der Waals surface area contributed by atoms with Crippen molar-refractivity contribution in [3.8, 4) is 0 Å². The van der Waals surface area contributed by atoms with Crippen LogP contribution in [-0.4, -0.2) is 33.6 Å². The first-order valence-electron chi connectivity index (χ1n) is 12.0. The molecule has 0 aliphatic carbocycles. The van der Waals surface area contributed by atoms with Crippen molar-refractivity contribution in [2.24, 2.45) is 4.99 Å². The maximum absolute atomic E-state index is 12.9. The first-order valence-corrected chi connectivity index (χ1v) is 13.4. The number of nitrogens with one attached hydrogen (secondary N) is 2. The summed E-state index contributed by atoms with van der Waals surface area (Å²) in [5, 5.41) is 3.59. The second-order valence-corrected chi connectivity index (χ2v) is 10.8. The minimum atomic E-state index is -3.71. The van der Waals surface area contributed by atoms with Crippen LogP contribution in [-0.2, 0) is 16.6 Å². The predicted octanol–water partition coefficient (Wildman–Crippen LogP) is 6.25. The highest BCUT2D eigenvalue weighted by molar-refractivity contribution is 7.92. The van der Waals surface area contributed by atoms with Crippen molar-refractivity contribution in [3.05, 3.63) is 120 Å². The highest BCUT2D eigenvalue weighted by Crippen LogP contribution is 2.38. The summed E-state index contributed by atoms with van der Waals surface area (Å²) >= 11 is 0. The summed E-state index contributed by atoms with van der Waals surface area (Å²) in [5.41, 5.74) is 7.09. The summed E-state index contributed by atoms with van der Waals surface area (Å²) in [5.74, 6) is 0. The van der Waals surface area contributed by atoms with Gasteiger partial charge in [0.25, 0.3) is 10.0 Å². The van der Waals surface area contributed by atoms with Crippen molar-refractivity contribution in [1.82, 2.24) is 4.90 Å². The Kier molecular flexibility index (Phi) is 6.90. The summed E-state index contributed by atoms with van der Waals surface area (Å²) in [6.45, 7) is 0.870. The molecule has 0 unspecified atom stereocenters. The fraction of sp³-hybridized carbons (Fsp3) is 0.100. The van der Waals surface area contributed by atoms with Crippen LogP contribution in [0.1, 0.15) is 16.7 Å². The molecule has 0 radical (unpaired) electrons. The number of rotatable bonds is 8. The van der Waals surface area contributed by atoms with Crippen LogP contribution in [0, 0.1) is 0 Å². The van der Waals surface area contributed by atoms with Gasteiger partial charge in [0.15, 0.2) is 0 Å². The fourth-order valence-electron chi connectivity index (χ4n) is 4.25. The predicted molar refractivity (Wildman–Crippen MR) is 153 cm³/mol. The van der Waals surface area contributed by atoms with Gasteiger partial charge in [-0.3, -0.25) is 9.71 Å². The Hall–Kier alpha value is -4.20. The molecule has 0 saturated heterocycles. The summed E-state index contributed by atoms with van der Waals surface area (Å²) in [4.78, 5) is 6.95. The van der Waals surface area contributed by atoms with Crippen LogP contribution < -0.4 is 10.0 Å². The van der Waals surface area contributed by atoms with Crippen molar-refractivity contribution in [1.29, 1.82) is 0 Å². The van der Waals surface area contributed by atoms with E-state index >= 15 is 0 Å². The molecule has 0 bridgehead atoms. The number of sulfonamides is 1. The monoisotopic (exact) mass is 508 g/mol. The number of benzene rings is 4. The van der Waals surface area contributed by atoms with Crippen LogP contribution in [0.3, 0.4) is 0 Å². The SMILES string of the molecule is CN(C)Cc1ccc(NC(=C2C=Nc3ccc(NS(=O)(=O)c4ccccc4)cc32)c2ccccc2)cc1. The lowest BCUT2D eigenvalue weighted by atomic mass is 10.00. The average Bonchev–Trinajstić information content (AvgIpc) is 3.32. The Balaban J connectivity index is 1.52. The molecule has 1 aliphatic heterocycles. The molecule has 7 heteroatoms. The maximum atomic E-state index is 12.9. The van der Waals surface area contributed by atoms with Gasteiger partial charge in [-0.1, -0.05) is 60.7 Å². The van der Waals surface area contributed by atoms with Gasteiger partial charge < -0.3 is 10.2 Å². The summed E-state index contributed by atoms with van der Waals surface area (Å²) in [7, 11) is 0.394. The summed E-state index contributed by atoms with van der Waals surface area (Å²) in [6, 6.07) is 32.2. The summed E-state index contributed by atoms with van der Waals surface area (Å²) < 4.78 is 28.5. The van der Waals surface area contributed by atoms with Crippen molar-refractivity contribution in [2.75, 3.05) is 24.1 Å². The third kappa shape index (κ3) is 5.63. The zero-order valence-electron chi connectivity index (χ0n) is 20.7. The normalized spacial score (nSPS) is 13.9. The molecule has 1 heterocycles. The number of allylic oxidation sites excluding steroid dienone is 1. The second kappa shape index (κ2) is 10.4. The Morgan fingerprint density at radius 1 is 0.811 bits per heavy atom. The van der Waals surface area contributed by atoms with Crippen LogP contribution in [0.4, 0.5) is 17.1 Å². The first kappa shape index (κ1) is 24.5. The van der Waals surface area contributed by atoms with E-state index in [0.29, 0.717) is 5.69 Å². The van der Waals surface area contributed by atoms with Crippen LogP contribution in [0.15, 0.2) is 113 Å². The van der Waals surface area contributed by atoms with E-state index in [2.05, 4.69) is 58.3 Å². The maximum Gasteiger partial charge on any atom is 0.261 e. The number of nitrogens with zero attached hydrogens (tertiary/aromatic N) is 2. The van der Waals surface area contributed by atoms with Crippen molar-refractivity contribution in [3.63, 3.8) is 0 Å². The standard InChI is InChI=1S/C30H28N4O2S/c1-34(2)21-22-13-15-24(16-14-22)32-30(23-9-5-3-6-10-23)28-20-31-29-18-17-25(19-27(28)29)33-37(35,36)26-11-7-4-8-12-26/h3-20,32-33H,21H2,1-2H3. The Morgan fingerprint density at radius 3 is 2.14 bits per heavy atom. The van der Waals surface area contributed by atoms with Crippen LogP contribution >= 0.6 is 0 Å². The van der Waals surface area contributed by atoms with E-state index in [1.54, 1.807) is 36.4 Å². The number of hydrogen-bond donors (Lipinski definition) is 2. The van der Waals surface area contributed by atoms with Crippen molar-refractivity contribution in [2.45, 2.75) is 11.4 Å². The highest BCUT2D eigenvalue weighted by Gasteiger charge is 2.21. The van der Waals surface area contributed by atoms with Gasteiger partial charge >= 0.3 is 0 Å². The van der Waals surface area contributed by atoms with Crippen molar-refractivity contribution < 1.29 is 8.42 Å². The quantitative estimate of drug-likeness (QED) is 0.295. The molecule has 6 nitrogen and oxygen atoms in total. The fourth-order valence-corrected chi connectivity index (χ4v) is 5.32. The molecule has 0 aromatic heterocycles. The van der Waals surface area contributed by atoms with Gasteiger partial charge in [0.1, 0.15) is 0 Å². The van der Waals surface area contributed by atoms with E-state index in [4.69, 9.17) is 0 Å². The molecular weight excluding hydrogens is 480 g/mol. The Bertz CT molecular complexity index is 1560. The first-order chi connectivity index (χ1) is 17.9. The molecule has 4 aromatic rings. The number of aliphatic imine (C=N–C) groups is 1. The van der Waals surface area contributed by atoms with Crippen LogP contribution in [0.5, 0.6) is 0 Å². The molecule has 0 amide bonds. The molecular formula is C30H28N4O2S. The van der Waals surface area contributed by atoms with E-state index in [1.807, 2.05) is 48.7 Å². The Labute approximate surface area is 218 Å². The van der Waals surface area contributed by atoms with E-state index in [0.717, 1.165) is 40.3 Å². The number of fused-ring (bicyclic) bond motifs is 1. The van der Waals surface area contributed by atoms with Gasteiger partial charge in [0, 0.05) is 35.3 Å². The highest BCUT2D eigenvalue weighted by atomic mass is 32.2. The lowest BCUT2D eigenvalue weighted by molar-refractivity contribution is 0.402. The topological polar surface area (TPSA) is 73.8 Å². The van der Waals surface area contributed by atoms with Gasteiger partial charge in [0.2, 0.25) is 0 Å². The van der Waals surface area contributed by atoms with Crippen LogP contribution in [0.25, 0.3) is 11.3 Å². The van der Waals surface area contributed by atoms with Crippen LogP contribution in [0.2, 0.25) is 0 Å². The zero-order valence-corrected chi connectivity index (χ0v) is 21.5. The van der Waals surface area contributed by atoms with E-state index in [9.17, 15) is 8.42 Å². The van der Waals surface area contributed by atoms with E-state index in [-0.39, 0.29) is 4.90 Å².